The highest BCUT2D eigenvalue weighted by atomic mass is 19.1. The molecule has 4 aromatic rings. The van der Waals surface area contributed by atoms with Crippen LogP contribution in [-0.4, -0.2) is 58.7 Å². The van der Waals surface area contributed by atoms with Crippen molar-refractivity contribution in [2.45, 2.75) is 44.9 Å². The molecule has 0 spiro atoms. The minimum absolute atomic E-state index is 0.0741. The molecule has 5 heterocycles. The monoisotopic (exact) mass is 464 g/mol. The molecule has 0 radical (unpaired) electrons. The molecule has 2 atom stereocenters. The van der Waals surface area contributed by atoms with E-state index in [9.17, 15) is 14.3 Å². The average molecular weight is 465 g/mol. The number of pyridine rings is 1. The third-order valence-electron chi connectivity index (χ3n) is 5.90. The van der Waals surface area contributed by atoms with Gasteiger partial charge in [-0.1, -0.05) is 6.07 Å². The second-order valence-corrected chi connectivity index (χ2v) is 8.71. The molecule has 10 nitrogen and oxygen atoms in total. The van der Waals surface area contributed by atoms with Crippen LogP contribution in [0.4, 0.5) is 22.0 Å². The maximum absolute atomic E-state index is 13.1. The van der Waals surface area contributed by atoms with Crippen molar-refractivity contribution in [1.29, 1.82) is 0 Å². The number of nitrogens with one attached hydrogen (secondary N) is 1. The van der Waals surface area contributed by atoms with Crippen LogP contribution in [0, 0.1) is 5.95 Å². The quantitative estimate of drug-likeness (QED) is 0.401. The summed E-state index contributed by atoms with van der Waals surface area (Å²) in [5, 5.41) is 18.2. The van der Waals surface area contributed by atoms with Crippen molar-refractivity contribution >= 4 is 28.9 Å². The summed E-state index contributed by atoms with van der Waals surface area (Å²) in [6.45, 7) is 4.36. The summed E-state index contributed by atoms with van der Waals surface area (Å²) in [5.74, 6) is 0.785. The van der Waals surface area contributed by atoms with E-state index >= 15 is 0 Å². The van der Waals surface area contributed by atoms with Crippen LogP contribution in [0.25, 0.3) is 5.52 Å². The minimum atomic E-state index is -0.692. The van der Waals surface area contributed by atoms with Crippen molar-refractivity contribution in [2.24, 2.45) is 0 Å². The molecular weight excluding hydrogens is 439 g/mol. The number of β-amino-alcohol motifs (C(OH)–C–C–N with tert-alkyl or cyclic N) is 1. The number of Topliss-reactive ketones (excluding diaryl/α,β-unsaturated/α-hetero) is 1. The molecule has 5 rings (SSSR count). The molecule has 0 amide bonds. The van der Waals surface area contributed by atoms with Crippen molar-refractivity contribution in [3.05, 3.63) is 60.7 Å². The van der Waals surface area contributed by atoms with Crippen molar-refractivity contribution < 1.29 is 14.3 Å². The number of aliphatic hydroxyl groups excluding tert-OH is 1. The van der Waals surface area contributed by atoms with E-state index in [4.69, 9.17) is 4.98 Å². The molecule has 1 saturated heterocycles. The molecule has 1 aliphatic heterocycles. The van der Waals surface area contributed by atoms with Gasteiger partial charge in [0, 0.05) is 44.0 Å². The summed E-state index contributed by atoms with van der Waals surface area (Å²) < 4.78 is 16.8. The number of hydrogen-bond acceptors (Lipinski definition) is 8. The van der Waals surface area contributed by atoms with E-state index in [1.807, 2.05) is 22.9 Å². The predicted octanol–water partition coefficient (Wildman–Crippen LogP) is 2.54. The third kappa shape index (κ3) is 4.34. The van der Waals surface area contributed by atoms with Gasteiger partial charge in [-0.25, -0.2) is 14.5 Å². The summed E-state index contributed by atoms with van der Waals surface area (Å²) >= 11 is 0. The van der Waals surface area contributed by atoms with Crippen molar-refractivity contribution in [2.75, 3.05) is 16.8 Å². The number of halogens is 1. The zero-order chi connectivity index (χ0) is 23.8. The number of rotatable bonds is 7. The number of hydrogen-bond donors (Lipinski definition) is 2. The highest BCUT2D eigenvalue weighted by Gasteiger charge is 2.37. The van der Waals surface area contributed by atoms with Crippen LogP contribution in [0.5, 0.6) is 0 Å². The second-order valence-electron chi connectivity index (χ2n) is 8.71. The van der Waals surface area contributed by atoms with Crippen LogP contribution in [0.1, 0.15) is 31.9 Å². The van der Waals surface area contributed by atoms with Crippen LogP contribution in [0.15, 0.2) is 49.2 Å². The SMILES string of the molecule is CC(C)n1cnc(Nc2nc(N3C[C@@H](O)C[C@H]3C(=O)Cc3ccc(F)nc3)nn3cccc23)c1. The summed E-state index contributed by atoms with van der Waals surface area (Å²) in [7, 11) is 0. The molecule has 1 fully saturated rings. The second kappa shape index (κ2) is 8.82. The lowest BCUT2D eigenvalue weighted by Gasteiger charge is -2.24. The number of ketones is 1. The van der Waals surface area contributed by atoms with Gasteiger partial charge in [-0.2, -0.15) is 9.37 Å². The molecular formula is C23H25FN8O2. The van der Waals surface area contributed by atoms with Crippen molar-refractivity contribution in [3.63, 3.8) is 0 Å². The number of imidazole rings is 1. The number of anilines is 3. The zero-order valence-electron chi connectivity index (χ0n) is 18.8. The van der Waals surface area contributed by atoms with Crippen LogP contribution in [-0.2, 0) is 11.2 Å². The fourth-order valence-electron chi connectivity index (χ4n) is 4.11. The Labute approximate surface area is 195 Å². The topological polar surface area (TPSA) is 113 Å². The van der Waals surface area contributed by atoms with Crippen LogP contribution >= 0.6 is 0 Å². The first kappa shape index (κ1) is 22.0. The predicted molar refractivity (Wildman–Crippen MR) is 124 cm³/mol. The van der Waals surface area contributed by atoms with E-state index in [0.717, 1.165) is 5.52 Å². The van der Waals surface area contributed by atoms with E-state index in [1.54, 1.807) is 21.9 Å². The third-order valence-corrected chi connectivity index (χ3v) is 5.90. The molecule has 0 aliphatic carbocycles. The first-order valence-electron chi connectivity index (χ1n) is 11.1. The maximum atomic E-state index is 13.1. The highest BCUT2D eigenvalue weighted by molar-refractivity contribution is 5.89. The largest absolute Gasteiger partial charge is 0.391 e. The Morgan fingerprint density at radius 3 is 2.88 bits per heavy atom. The molecule has 0 aromatic carbocycles. The number of nitrogens with zero attached hydrogens (tertiary/aromatic N) is 7. The number of aliphatic hydroxyl groups is 1. The van der Waals surface area contributed by atoms with E-state index < -0.39 is 18.1 Å². The minimum Gasteiger partial charge on any atom is -0.391 e. The molecule has 2 N–H and O–H groups in total. The lowest BCUT2D eigenvalue weighted by Crippen LogP contribution is -2.38. The summed E-state index contributed by atoms with van der Waals surface area (Å²) in [6.07, 6.45) is 6.44. The molecule has 176 valence electrons. The Bertz CT molecular complexity index is 1320. The molecule has 4 aromatic heterocycles. The van der Waals surface area contributed by atoms with Crippen LogP contribution in [0.2, 0.25) is 0 Å². The highest BCUT2D eigenvalue weighted by Crippen LogP contribution is 2.28. The Balaban J connectivity index is 1.44. The van der Waals surface area contributed by atoms with E-state index in [-0.39, 0.29) is 31.2 Å². The average Bonchev–Trinajstić information content (AvgIpc) is 3.54. The Morgan fingerprint density at radius 1 is 1.29 bits per heavy atom. The van der Waals surface area contributed by atoms with Gasteiger partial charge in [-0.3, -0.25) is 4.79 Å². The van der Waals surface area contributed by atoms with Gasteiger partial charge in [0.2, 0.25) is 11.9 Å². The van der Waals surface area contributed by atoms with Gasteiger partial charge in [0.05, 0.1) is 18.5 Å². The summed E-state index contributed by atoms with van der Waals surface area (Å²) in [6, 6.07) is 6.17. The zero-order valence-corrected chi connectivity index (χ0v) is 18.8. The fraction of sp³-hybridized carbons (Fsp3) is 0.348. The maximum Gasteiger partial charge on any atom is 0.246 e. The fourth-order valence-corrected chi connectivity index (χ4v) is 4.11. The van der Waals surface area contributed by atoms with E-state index in [1.165, 1.54) is 18.3 Å². The molecule has 0 unspecified atom stereocenters. The number of fused-ring (bicyclic) bond motifs is 1. The van der Waals surface area contributed by atoms with Gasteiger partial charge in [-0.15, -0.1) is 5.10 Å². The normalized spacial score (nSPS) is 18.2. The first-order chi connectivity index (χ1) is 16.4. The van der Waals surface area contributed by atoms with E-state index in [0.29, 0.717) is 23.1 Å². The van der Waals surface area contributed by atoms with E-state index in [2.05, 4.69) is 34.2 Å². The molecule has 0 bridgehead atoms. The standard InChI is InChI=1S/C23H25FN8O2/c1-14(2)30-12-21(26-13-30)27-22-17-4-3-7-32(17)29-23(28-22)31-11-16(33)9-18(31)19(34)8-15-5-6-20(24)25-10-15/h3-7,10,12-14,16,18,33H,8-9,11H2,1-2H3,(H,27,28,29)/t16-,18-/m0/s1. The Kier molecular flexibility index (Phi) is 5.70. The van der Waals surface area contributed by atoms with Gasteiger partial charge in [0.25, 0.3) is 0 Å². The smallest absolute Gasteiger partial charge is 0.246 e. The number of carbonyl (C=O) groups excluding carboxylic acids is 1. The molecule has 34 heavy (non-hydrogen) atoms. The summed E-state index contributed by atoms with van der Waals surface area (Å²) in [4.78, 5) is 27.6. The van der Waals surface area contributed by atoms with Crippen molar-refractivity contribution in [1.82, 2.24) is 29.1 Å². The number of carbonyl (C=O) groups is 1. The lowest BCUT2D eigenvalue weighted by molar-refractivity contribution is -0.119. The Hall–Kier alpha value is -3.86. The van der Waals surface area contributed by atoms with Crippen LogP contribution < -0.4 is 10.2 Å². The van der Waals surface area contributed by atoms with Crippen LogP contribution in [0.3, 0.4) is 0 Å². The Morgan fingerprint density at radius 2 is 2.15 bits per heavy atom. The van der Waals surface area contributed by atoms with Gasteiger partial charge in [-0.05, 0) is 37.6 Å². The molecule has 1 aliphatic rings. The van der Waals surface area contributed by atoms with Gasteiger partial charge in [0.15, 0.2) is 11.6 Å². The van der Waals surface area contributed by atoms with Gasteiger partial charge < -0.3 is 19.9 Å². The van der Waals surface area contributed by atoms with Gasteiger partial charge >= 0.3 is 0 Å². The summed E-state index contributed by atoms with van der Waals surface area (Å²) in [5.41, 5.74) is 1.36. The van der Waals surface area contributed by atoms with Crippen molar-refractivity contribution in [3.8, 4) is 0 Å². The molecule has 11 heteroatoms. The first-order valence-corrected chi connectivity index (χ1v) is 11.1. The molecule has 0 saturated carbocycles. The number of aromatic nitrogens is 6. The lowest BCUT2D eigenvalue weighted by atomic mass is 10.0. The van der Waals surface area contributed by atoms with Gasteiger partial charge in [0.1, 0.15) is 11.3 Å².